The Kier molecular flexibility index (Phi) is 4.71. The van der Waals surface area contributed by atoms with Gasteiger partial charge in [0.15, 0.2) is 17.2 Å². The largest absolute Gasteiger partial charge is 0.493 e. The number of anilines is 2. The summed E-state index contributed by atoms with van der Waals surface area (Å²) in [5.41, 5.74) is 7.27. The third kappa shape index (κ3) is 3.34. The number of primary amides is 1. The second kappa shape index (κ2) is 6.94. The maximum atomic E-state index is 11.8. The number of rotatable bonds is 5. The summed E-state index contributed by atoms with van der Waals surface area (Å²) >= 11 is 3.42. The van der Waals surface area contributed by atoms with Crippen LogP contribution in [0.1, 0.15) is 10.5 Å². The molecular formula is C17H15BrN4O3. The van der Waals surface area contributed by atoms with Crippen molar-refractivity contribution in [1.29, 1.82) is 0 Å². The molecule has 3 rings (SSSR count). The fourth-order valence-electron chi connectivity index (χ4n) is 2.44. The maximum Gasteiger partial charge on any atom is 0.271 e. The summed E-state index contributed by atoms with van der Waals surface area (Å²) in [5, 5.41) is 11.9. The van der Waals surface area contributed by atoms with Gasteiger partial charge in [-0.05, 0) is 24.3 Å². The van der Waals surface area contributed by atoms with Crippen molar-refractivity contribution in [2.24, 2.45) is 5.73 Å². The van der Waals surface area contributed by atoms with Crippen LogP contribution in [0.5, 0.6) is 11.5 Å². The van der Waals surface area contributed by atoms with Crippen LogP contribution >= 0.6 is 15.9 Å². The van der Waals surface area contributed by atoms with Crippen LogP contribution in [0.4, 0.5) is 11.4 Å². The van der Waals surface area contributed by atoms with Gasteiger partial charge in [0.1, 0.15) is 0 Å². The lowest BCUT2D eigenvalue weighted by Crippen LogP contribution is -2.16. The highest BCUT2D eigenvalue weighted by atomic mass is 79.9. The standard InChI is InChI=1S/C17H15BrN4O3/c1-24-13-7-11-12(8-14(13)25-2)21-22-16(17(19)23)15(11)20-10-5-3-4-9(18)6-10/h3-8H,1-2H3,(H2,19,23)(H,20,21). The molecule has 1 heterocycles. The van der Waals surface area contributed by atoms with E-state index in [-0.39, 0.29) is 5.69 Å². The molecule has 25 heavy (non-hydrogen) atoms. The minimum absolute atomic E-state index is 0.0414. The van der Waals surface area contributed by atoms with E-state index in [1.165, 1.54) is 14.2 Å². The number of benzene rings is 2. The van der Waals surface area contributed by atoms with E-state index >= 15 is 0 Å². The van der Waals surface area contributed by atoms with Gasteiger partial charge in [0.05, 0.1) is 25.4 Å². The summed E-state index contributed by atoms with van der Waals surface area (Å²) in [5.74, 6) is 0.349. The number of nitrogens with two attached hydrogens (primary N) is 1. The van der Waals surface area contributed by atoms with Gasteiger partial charge in [-0.2, -0.15) is 0 Å². The van der Waals surface area contributed by atoms with Crippen molar-refractivity contribution in [1.82, 2.24) is 10.2 Å². The minimum atomic E-state index is -0.679. The molecule has 3 aromatic rings. The van der Waals surface area contributed by atoms with Gasteiger partial charge in [0.25, 0.3) is 5.91 Å². The number of hydrogen-bond donors (Lipinski definition) is 2. The number of carbonyl (C=O) groups is 1. The smallest absolute Gasteiger partial charge is 0.271 e. The number of methoxy groups -OCH3 is 2. The van der Waals surface area contributed by atoms with Crippen LogP contribution in [0.25, 0.3) is 10.9 Å². The second-order valence-corrected chi connectivity index (χ2v) is 6.06. The molecule has 0 radical (unpaired) electrons. The van der Waals surface area contributed by atoms with E-state index in [2.05, 4.69) is 31.4 Å². The van der Waals surface area contributed by atoms with Crippen molar-refractivity contribution in [2.75, 3.05) is 19.5 Å². The molecule has 0 spiro atoms. The van der Waals surface area contributed by atoms with Gasteiger partial charge in [-0.3, -0.25) is 4.79 Å². The van der Waals surface area contributed by atoms with Crippen molar-refractivity contribution in [3.8, 4) is 11.5 Å². The molecular weight excluding hydrogens is 388 g/mol. The summed E-state index contributed by atoms with van der Waals surface area (Å²) in [7, 11) is 3.07. The molecule has 0 unspecified atom stereocenters. The summed E-state index contributed by atoms with van der Waals surface area (Å²) in [4.78, 5) is 11.8. The first-order valence-corrected chi connectivity index (χ1v) is 8.07. The number of ether oxygens (including phenoxy) is 2. The Morgan fingerprint density at radius 1 is 1.12 bits per heavy atom. The van der Waals surface area contributed by atoms with Gasteiger partial charge >= 0.3 is 0 Å². The summed E-state index contributed by atoms with van der Waals surface area (Å²) in [6, 6.07) is 10.9. The van der Waals surface area contributed by atoms with Gasteiger partial charge in [-0.25, -0.2) is 0 Å². The number of carbonyl (C=O) groups excluding carboxylic acids is 1. The van der Waals surface area contributed by atoms with E-state index in [4.69, 9.17) is 15.2 Å². The topological polar surface area (TPSA) is 99.4 Å². The normalized spacial score (nSPS) is 10.5. The summed E-state index contributed by atoms with van der Waals surface area (Å²) in [6.45, 7) is 0. The zero-order valence-corrected chi connectivity index (χ0v) is 15.1. The van der Waals surface area contributed by atoms with E-state index < -0.39 is 5.91 Å². The van der Waals surface area contributed by atoms with Gasteiger partial charge in [0.2, 0.25) is 0 Å². The van der Waals surface area contributed by atoms with Crippen molar-refractivity contribution in [3.05, 3.63) is 46.6 Å². The Bertz CT molecular complexity index is 962. The third-order valence-electron chi connectivity index (χ3n) is 3.59. The van der Waals surface area contributed by atoms with Crippen LogP contribution in [-0.4, -0.2) is 30.3 Å². The quantitative estimate of drug-likeness (QED) is 0.679. The van der Waals surface area contributed by atoms with Crippen LogP contribution < -0.4 is 20.5 Å². The van der Waals surface area contributed by atoms with E-state index in [1.807, 2.05) is 24.3 Å². The molecule has 0 bridgehead atoms. The predicted octanol–water partition coefficient (Wildman–Crippen LogP) is 3.25. The molecule has 0 fully saturated rings. The molecule has 0 saturated carbocycles. The van der Waals surface area contributed by atoms with Gasteiger partial charge in [0, 0.05) is 21.6 Å². The molecule has 0 aliphatic heterocycles. The Balaban J connectivity index is 2.24. The number of aromatic nitrogens is 2. The Hall–Kier alpha value is -2.87. The molecule has 0 aliphatic rings. The first-order chi connectivity index (χ1) is 12.0. The number of nitrogens with one attached hydrogen (secondary N) is 1. The lowest BCUT2D eigenvalue weighted by Gasteiger charge is -2.14. The second-order valence-electron chi connectivity index (χ2n) is 5.15. The Morgan fingerprint density at radius 2 is 1.84 bits per heavy atom. The highest BCUT2D eigenvalue weighted by Gasteiger charge is 2.18. The fourth-order valence-corrected chi connectivity index (χ4v) is 2.84. The number of amides is 1. The van der Waals surface area contributed by atoms with Gasteiger partial charge < -0.3 is 20.5 Å². The van der Waals surface area contributed by atoms with Crippen LogP contribution in [0, 0.1) is 0 Å². The van der Waals surface area contributed by atoms with Gasteiger partial charge in [-0.1, -0.05) is 22.0 Å². The molecule has 3 N–H and O–H groups in total. The van der Waals surface area contributed by atoms with Crippen molar-refractivity contribution >= 4 is 44.1 Å². The Morgan fingerprint density at radius 3 is 2.48 bits per heavy atom. The molecule has 1 amide bonds. The van der Waals surface area contributed by atoms with E-state index in [1.54, 1.807) is 12.1 Å². The molecule has 0 atom stereocenters. The van der Waals surface area contributed by atoms with E-state index in [9.17, 15) is 4.79 Å². The van der Waals surface area contributed by atoms with Crippen molar-refractivity contribution in [3.63, 3.8) is 0 Å². The number of hydrogen-bond acceptors (Lipinski definition) is 6. The van der Waals surface area contributed by atoms with Crippen LogP contribution in [0.3, 0.4) is 0 Å². The van der Waals surface area contributed by atoms with Gasteiger partial charge in [-0.15, -0.1) is 10.2 Å². The predicted molar refractivity (Wildman–Crippen MR) is 98.6 cm³/mol. The molecule has 128 valence electrons. The molecule has 7 nitrogen and oxygen atoms in total. The highest BCUT2D eigenvalue weighted by molar-refractivity contribution is 9.10. The fraction of sp³-hybridized carbons (Fsp3) is 0.118. The van der Waals surface area contributed by atoms with Crippen molar-refractivity contribution in [2.45, 2.75) is 0 Å². The maximum absolute atomic E-state index is 11.8. The molecule has 2 aromatic carbocycles. The first-order valence-electron chi connectivity index (χ1n) is 7.28. The third-order valence-corrected chi connectivity index (χ3v) is 4.09. The van der Waals surface area contributed by atoms with Crippen LogP contribution in [0.15, 0.2) is 40.9 Å². The lowest BCUT2D eigenvalue weighted by molar-refractivity contribution is 0.0995. The SMILES string of the molecule is COc1cc2nnc(C(N)=O)c(Nc3cccc(Br)c3)c2cc1OC. The van der Waals surface area contributed by atoms with Crippen LogP contribution in [0.2, 0.25) is 0 Å². The number of fused-ring (bicyclic) bond motifs is 1. The Labute approximate surface area is 152 Å². The monoisotopic (exact) mass is 402 g/mol. The molecule has 8 heteroatoms. The zero-order chi connectivity index (χ0) is 18.0. The number of halogens is 1. The summed E-state index contributed by atoms with van der Waals surface area (Å²) < 4.78 is 11.5. The average Bonchev–Trinajstić information content (AvgIpc) is 2.60. The van der Waals surface area contributed by atoms with Crippen molar-refractivity contribution < 1.29 is 14.3 Å². The van der Waals surface area contributed by atoms with E-state index in [0.29, 0.717) is 28.1 Å². The highest BCUT2D eigenvalue weighted by Crippen LogP contribution is 2.36. The van der Waals surface area contributed by atoms with Crippen LogP contribution in [-0.2, 0) is 0 Å². The zero-order valence-electron chi connectivity index (χ0n) is 13.5. The summed E-state index contributed by atoms with van der Waals surface area (Å²) in [6.07, 6.45) is 0. The minimum Gasteiger partial charge on any atom is -0.493 e. The average molecular weight is 403 g/mol. The van der Waals surface area contributed by atoms with E-state index in [0.717, 1.165) is 10.2 Å². The number of nitrogens with zero attached hydrogens (tertiary/aromatic N) is 2. The molecule has 0 aliphatic carbocycles. The molecule has 0 saturated heterocycles. The first kappa shape index (κ1) is 17.0. The molecule has 1 aromatic heterocycles. The lowest BCUT2D eigenvalue weighted by atomic mass is 10.1.